The SMILES string of the molecule is COP(=O)(O)CO[C@@]1(c2nc(N)c3[nH]cnc3n2)OC[C@@H](O)[C@H]1O. The molecule has 24 heavy (non-hydrogen) atoms. The molecule has 132 valence electrons. The summed E-state index contributed by atoms with van der Waals surface area (Å²) in [6, 6.07) is 0. The van der Waals surface area contributed by atoms with E-state index in [1.165, 1.54) is 6.33 Å². The van der Waals surface area contributed by atoms with Crippen molar-refractivity contribution in [1.29, 1.82) is 0 Å². The molecule has 0 radical (unpaired) electrons. The molecule has 0 saturated carbocycles. The Morgan fingerprint density at radius 2 is 2.29 bits per heavy atom. The Bertz CT molecular complexity index is 800. The summed E-state index contributed by atoms with van der Waals surface area (Å²) in [5, 5.41) is 20.1. The van der Waals surface area contributed by atoms with Gasteiger partial charge in [-0.25, -0.2) is 15.0 Å². The first-order valence-corrected chi connectivity index (χ1v) is 8.54. The lowest BCUT2D eigenvalue weighted by Crippen LogP contribution is -2.44. The van der Waals surface area contributed by atoms with Gasteiger partial charge in [0.1, 0.15) is 17.7 Å². The normalized spacial score (nSPS) is 29.8. The Labute approximate surface area is 135 Å². The molecule has 0 aliphatic carbocycles. The van der Waals surface area contributed by atoms with Gasteiger partial charge in [-0.2, -0.15) is 0 Å². The van der Waals surface area contributed by atoms with E-state index in [0.29, 0.717) is 5.52 Å². The smallest absolute Gasteiger partial charge is 0.353 e. The zero-order chi connectivity index (χ0) is 17.5. The number of aliphatic hydroxyl groups excluding tert-OH is 2. The number of nitrogen functional groups attached to an aromatic ring is 1. The monoisotopic (exact) mass is 361 g/mol. The number of hydrogen-bond acceptors (Lipinski definition) is 10. The molecule has 3 heterocycles. The molecule has 1 saturated heterocycles. The number of imidazole rings is 1. The molecule has 0 bridgehead atoms. The van der Waals surface area contributed by atoms with E-state index in [9.17, 15) is 19.7 Å². The lowest BCUT2D eigenvalue weighted by molar-refractivity contribution is -0.254. The summed E-state index contributed by atoms with van der Waals surface area (Å²) < 4.78 is 26.7. The van der Waals surface area contributed by atoms with Gasteiger partial charge >= 0.3 is 7.60 Å². The fourth-order valence-electron chi connectivity index (χ4n) is 2.27. The number of anilines is 1. The predicted octanol–water partition coefficient (Wildman–Crippen LogP) is -1.35. The minimum atomic E-state index is -4.09. The van der Waals surface area contributed by atoms with Crippen molar-refractivity contribution in [3.63, 3.8) is 0 Å². The number of aliphatic hydroxyl groups is 2. The van der Waals surface area contributed by atoms with Crippen molar-refractivity contribution in [2.45, 2.75) is 18.0 Å². The standard InChI is InChI=1S/C11H16N5O7P/c1-21-24(19,20)4-23-11(7(18)5(17)2-22-11)10-15-8(12)6-9(16-10)14-3-13-6/h3,5,7,17-18H,2,4H2,1H3,(H,19,20)(H3,12,13,14,15,16)/t5-,7-,11+/m1/s1. The molecule has 2 aromatic rings. The Kier molecular flexibility index (Phi) is 4.30. The third kappa shape index (κ3) is 2.78. The Balaban J connectivity index is 2.05. The number of aromatic nitrogens is 4. The van der Waals surface area contributed by atoms with Gasteiger partial charge in [-0.15, -0.1) is 0 Å². The summed E-state index contributed by atoms with van der Waals surface area (Å²) in [6.07, 6.45) is -2.41. The number of ether oxygens (including phenoxy) is 2. The average Bonchev–Trinajstić information content (AvgIpc) is 3.13. The number of hydrogen-bond donors (Lipinski definition) is 5. The third-order valence-electron chi connectivity index (χ3n) is 3.58. The van der Waals surface area contributed by atoms with E-state index in [1.54, 1.807) is 0 Å². The second kappa shape index (κ2) is 6.01. The molecule has 1 aliphatic rings. The molecule has 6 N–H and O–H groups in total. The molecule has 0 amide bonds. The van der Waals surface area contributed by atoms with Crippen LogP contribution in [0.15, 0.2) is 6.33 Å². The fourth-order valence-corrected chi connectivity index (χ4v) is 2.73. The molecule has 13 heteroatoms. The van der Waals surface area contributed by atoms with Crippen molar-refractivity contribution in [2.24, 2.45) is 0 Å². The second-order valence-corrected chi connectivity index (χ2v) is 7.02. The molecule has 3 rings (SSSR count). The fraction of sp³-hybridized carbons (Fsp3) is 0.545. The molecule has 0 aromatic carbocycles. The number of fused-ring (bicyclic) bond motifs is 1. The van der Waals surface area contributed by atoms with Crippen LogP contribution in [0.5, 0.6) is 0 Å². The summed E-state index contributed by atoms with van der Waals surface area (Å²) in [5.41, 5.74) is 6.35. The number of aromatic amines is 1. The van der Waals surface area contributed by atoms with Crippen LogP contribution in [0.1, 0.15) is 5.82 Å². The molecule has 2 aromatic heterocycles. The molecule has 1 fully saturated rings. The minimum Gasteiger partial charge on any atom is -0.388 e. The Morgan fingerprint density at radius 3 is 2.92 bits per heavy atom. The lowest BCUT2D eigenvalue weighted by Gasteiger charge is -2.30. The van der Waals surface area contributed by atoms with Crippen LogP contribution in [0.25, 0.3) is 11.2 Å². The first-order valence-electron chi connectivity index (χ1n) is 6.78. The Morgan fingerprint density at radius 1 is 1.54 bits per heavy atom. The minimum absolute atomic E-state index is 0.00610. The van der Waals surface area contributed by atoms with Gasteiger partial charge in [0, 0.05) is 7.11 Å². The van der Waals surface area contributed by atoms with E-state index in [-0.39, 0.29) is 23.9 Å². The van der Waals surface area contributed by atoms with Crippen LogP contribution in [0.4, 0.5) is 5.82 Å². The summed E-state index contributed by atoms with van der Waals surface area (Å²) in [4.78, 5) is 24.3. The molecular weight excluding hydrogens is 345 g/mol. The molecule has 1 aliphatic heterocycles. The van der Waals surface area contributed by atoms with Gasteiger partial charge in [0.2, 0.25) is 0 Å². The van der Waals surface area contributed by atoms with E-state index < -0.39 is 31.9 Å². The molecule has 4 atom stereocenters. The first kappa shape index (κ1) is 17.2. The maximum Gasteiger partial charge on any atom is 0.353 e. The highest BCUT2D eigenvalue weighted by Gasteiger charge is 2.55. The van der Waals surface area contributed by atoms with Crippen LogP contribution in [-0.4, -0.2) is 67.3 Å². The van der Waals surface area contributed by atoms with Crippen molar-refractivity contribution in [3.05, 3.63) is 12.2 Å². The van der Waals surface area contributed by atoms with Crippen molar-refractivity contribution in [3.8, 4) is 0 Å². The molecular formula is C11H16N5O7P. The quantitative estimate of drug-likeness (QED) is 0.396. The maximum absolute atomic E-state index is 11.7. The van der Waals surface area contributed by atoms with E-state index >= 15 is 0 Å². The van der Waals surface area contributed by atoms with Gasteiger partial charge < -0.3 is 39.8 Å². The van der Waals surface area contributed by atoms with Gasteiger partial charge in [0.15, 0.2) is 23.6 Å². The van der Waals surface area contributed by atoms with Gasteiger partial charge in [0.05, 0.1) is 12.9 Å². The zero-order valence-corrected chi connectivity index (χ0v) is 13.4. The van der Waals surface area contributed by atoms with Crippen molar-refractivity contribution < 1.29 is 33.7 Å². The lowest BCUT2D eigenvalue weighted by atomic mass is 10.1. The Hall–Kier alpha value is -1.66. The van der Waals surface area contributed by atoms with Gasteiger partial charge in [-0.05, 0) is 0 Å². The van der Waals surface area contributed by atoms with E-state index in [2.05, 4.69) is 24.5 Å². The van der Waals surface area contributed by atoms with Gasteiger partial charge in [0.25, 0.3) is 5.79 Å². The molecule has 1 unspecified atom stereocenters. The molecule has 12 nitrogen and oxygen atoms in total. The second-order valence-electron chi connectivity index (χ2n) is 5.12. The van der Waals surface area contributed by atoms with Crippen LogP contribution >= 0.6 is 7.60 Å². The summed E-state index contributed by atoms with van der Waals surface area (Å²) >= 11 is 0. The van der Waals surface area contributed by atoms with E-state index in [0.717, 1.165) is 7.11 Å². The van der Waals surface area contributed by atoms with Crippen LogP contribution < -0.4 is 5.73 Å². The topological polar surface area (TPSA) is 186 Å². The van der Waals surface area contributed by atoms with Gasteiger partial charge in [-0.3, -0.25) is 4.57 Å². The summed E-state index contributed by atoms with van der Waals surface area (Å²) in [7, 11) is -3.06. The highest BCUT2D eigenvalue weighted by molar-refractivity contribution is 7.52. The van der Waals surface area contributed by atoms with Crippen molar-refractivity contribution >= 4 is 24.6 Å². The van der Waals surface area contributed by atoms with Gasteiger partial charge in [-0.1, -0.05) is 0 Å². The number of H-pyrrole nitrogens is 1. The number of nitrogens with zero attached hydrogens (tertiary/aromatic N) is 3. The number of nitrogens with one attached hydrogen (secondary N) is 1. The van der Waals surface area contributed by atoms with E-state index in [1.807, 2.05) is 0 Å². The van der Waals surface area contributed by atoms with Crippen molar-refractivity contribution in [2.75, 3.05) is 25.8 Å². The third-order valence-corrected chi connectivity index (χ3v) is 4.60. The van der Waals surface area contributed by atoms with E-state index in [4.69, 9.17) is 15.2 Å². The van der Waals surface area contributed by atoms with Crippen LogP contribution in [0.2, 0.25) is 0 Å². The highest BCUT2D eigenvalue weighted by atomic mass is 31.2. The largest absolute Gasteiger partial charge is 0.388 e. The predicted molar refractivity (Wildman–Crippen MR) is 78.5 cm³/mol. The summed E-state index contributed by atoms with van der Waals surface area (Å²) in [6.45, 7) is -0.300. The molecule has 0 spiro atoms. The van der Waals surface area contributed by atoms with Crippen LogP contribution in [0, 0.1) is 0 Å². The average molecular weight is 361 g/mol. The highest BCUT2D eigenvalue weighted by Crippen LogP contribution is 2.45. The van der Waals surface area contributed by atoms with Crippen LogP contribution in [-0.2, 0) is 24.3 Å². The van der Waals surface area contributed by atoms with Crippen molar-refractivity contribution in [1.82, 2.24) is 19.9 Å². The summed E-state index contributed by atoms with van der Waals surface area (Å²) in [5.74, 6) is -2.32. The first-order chi connectivity index (χ1) is 11.3. The zero-order valence-electron chi connectivity index (χ0n) is 12.5. The van der Waals surface area contributed by atoms with Crippen LogP contribution in [0.3, 0.4) is 0 Å². The number of rotatable bonds is 5. The maximum atomic E-state index is 11.7. The number of nitrogens with two attached hydrogens (primary N) is 1.